The van der Waals surface area contributed by atoms with Gasteiger partial charge in [0.2, 0.25) is 0 Å². The van der Waals surface area contributed by atoms with Gasteiger partial charge in [-0.15, -0.1) is 0 Å². The Labute approximate surface area is 113 Å². The van der Waals surface area contributed by atoms with Crippen molar-refractivity contribution in [1.29, 1.82) is 0 Å². The maximum absolute atomic E-state index is 6.34. The van der Waals surface area contributed by atoms with Gasteiger partial charge in [-0.3, -0.25) is 0 Å². The summed E-state index contributed by atoms with van der Waals surface area (Å²) in [5.74, 6) is 1.27. The van der Waals surface area contributed by atoms with Crippen molar-refractivity contribution in [3.8, 4) is 5.75 Å². The molecular formula is C14H20ClNO2. The van der Waals surface area contributed by atoms with E-state index in [0.29, 0.717) is 5.92 Å². The minimum atomic E-state index is 0.240. The van der Waals surface area contributed by atoms with Crippen LogP contribution in [-0.4, -0.2) is 27.4 Å². The quantitative estimate of drug-likeness (QED) is 0.911. The van der Waals surface area contributed by atoms with E-state index in [9.17, 15) is 0 Å². The summed E-state index contributed by atoms with van der Waals surface area (Å²) in [6.07, 6.45) is 2.30. The molecule has 1 heterocycles. The zero-order valence-electron chi connectivity index (χ0n) is 10.9. The Kier molecular flexibility index (Phi) is 4.87. The monoisotopic (exact) mass is 269 g/mol. The van der Waals surface area contributed by atoms with E-state index in [4.69, 9.17) is 21.1 Å². The summed E-state index contributed by atoms with van der Waals surface area (Å²) in [7, 11) is 3.62. The first kappa shape index (κ1) is 13.7. The van der Waals surface area contributed by atoms with Crippen molar-refractivity contribution < 1.29 is 9.47 Å². The van der Waals surface area contributed by atoms with E-state index in [1.54, 1.807) is 7.11 Å². The molecule has 100 valence electrons. The highest BCUT2D eigenvalue weighted by Crippen LogP contribution is 2.34. The first-order chi connectivity index (χ1) is 8.76. The van der Waals surface area contributed by atoms with Crippen LogP contribution in [0.1, 0.15) is 24.4 Å². The number of hydrogen-bond donors (Lipinski definition) is 1. The molecule has 0 radical (unpaired) electrons. The van der Waals surface area contributed by atoms with Crippen molar-refractivity contribution in [3.63, 3.8) is 0 Å². The summed E-state index contributed by atoms with van der Waals surface area (Å²) in [4.78, 5) is 0. The van der Waals surface area contributed by atoms with Gasteiger partial charge < -0.3 is 14.8 Å². The third-order valence-electron chi connectivity index (χ3n) is 3.52. The number of rotatable bonds is 4. The van der Waals surface area contributed by atoms with Crippen molar-refractivity contribution in [2.45, 2.75) is 18.9 Å². The van der Waals surface area contributed by atoms with Gasteiger partial charge >= 0.3 is 0 Å². The molecule has 1 N–H and O–H groups in total. The molecule has 2 rings (SSSR count). The van der Waals surface area contributed by atoms with Gasteiger partial charge in [0.15, 0.2) is 0 Å². The zero-order valence-corrected chi connectivity index (χ0v) is 11.7. The lowest BCUT2D eigenvalue weighted by Gasteiger charge is -2.31. The minimum absolute atomic E-state index is 0.240. The highest BCUT2D eigenvalue weighted by Gasteiger charge is 2.26. The highest BCUT2D eigenvalue weighted by molar-refractivity contribution is 6.31. The van der Waals surface area contributed by atoms with Crippen molar-refractivity contribution >= 4 is 11.6 Å². The molecule has 4 heteroatoms. The molecule has 2 atom stereocenters. The van der Waals surface area contributed by atoms with Crippen LogP contribution in [0.3, 0.4) is 0 Å². The van der Waals surface area contributed by atoms with Gasteiger partial charge in [0.1, 0.15) is 5.75 Å². The van der Waals surface area contributed by atoms with Crippen LogP contribution < -0.4 is 10.1 Å². The average molecular weight is 270 g/mol. The molecule has 1 saturated heterocycles. The van der Waals surface area contributed by atoms with E-state index >= 15 is 0 Å². The Balaban J connectivity index is 2.20. The van der Waals surface area contributed by atoms with Gasteiger partial charge in [0.05, 0.1) is 13.7 Å². The van der Waals surface area contributed by atoms with Gasteiger partial charge in [0.25, 0.3) is 0 Å². The number of ether oxygens (including phenoxy) is 2. The molecule has 0 bridgehead atoms. The maximum atomic E-state index is 6.34. The summed E-state index contributed by atoms with van der Waals surface area (Å²) >= 11 is 6.34. The number of benzene rings is 1. The smallest absolute Gasteiger partial charge is 0.120 e. The Bertz CT molecular complexity index is 391. The predicted octanol–water partition coefficient (Wildman–Crippen LogP) is 3.04. The van der Waals surface area contributed by atoms with Crippen LogP contribution in [-0.2, 0) is 4.74 Å². The van der Waals surface area contributed by atoms with Gasteiger partial charge in [-0.25, -0.2) is 0 Å². The number of hydrogen-bond acceptors (Lipinski definition) is 3. The fourth-order valence-corrected chi connectivity index (χ4v) is 2.85. The third-order valence-corrected chi connectivity index (χ3v) is 3.85. The Morgan fingerprint density at radius 3 is 2.89 bits per heavy atom. The normalized spacial score (nSPS) is 21.6. The molecule has 0 spiro atoms. The van der Waals surface area contributed by atoms with Crippen LogP contribution in [0, 0.1) is 5.92 Å². The molecular weight excluding hydrogens is 250 g/mol. The van der Waals surface area contributed by atoms with Gasteiger partial charge in [0, 0.05) is 23.6 Å². The van der Waals surface area contributed by atoms with Gasteiger partial charge in [-0.1, -0.05) is 17.7 Å². The number of nitrogens with one attached hydrogen (secondary N) is 1. The van der Waals surface area contributed by atoms with Gasteiger partial charge in [-0.2, -0.15) is 0 Å². The lowest BCUT2D eigenvalue weighted by atomic mass is 9.89. The fourth-order valence-electron chi connectivity index (χ4n) is 2.56. The molecule has 1 fully saturated rings. The average Bonchev–Trinajstić information content (AvgIpc) is 2.42. The Morgan fingerprint density at radius 1 is 1.50 bits per heavy atom. The molecule has 3 nitrogen and oxygen atoms in total. The van der Waals surface area contributed by atoms with E-state index in [1.165, 1.54) is 6.42 Å². The van der Waals surface area contributed by atoms with E-state index in [0.717, 1.165) is 36.0 Å². The van der Waals surface area contributed by atoms with E-state index in [-0.39, 0.29) is 6.04 Å². The number of methoxy groups -OCH3 is 1. The van der Waals surface area contributed by atoms with Crippen LogP contribution >= 0.6 is 11.6 Å². The summed E-state index contributed by atoms with van der Waals surface area (Å²) in [6.45, 7) is 1.68. The first-order valence-corrected chi connectivity index (χ1v) is 6.72. The zero-order chi connectivity index (χ0) is 13.0. The number of halogens is 1. The lowest BCUT2D eigenvalue weighted by Crippen LogP contribution is -2.31. The molecule has 2 unspecified atom stereocenters. The molecule has 0 amide bonds. The topological polar surface area (TPSA) is 30.5 Å². The predicted molar refractivity (Wildman–Crippen MR) is 73.3 cm³/mol. The Morgan fingerprint density at radius 2 is 2.33 bits per heavy atom. The van der Waals surface area contributed by atoms with Crippen LogP contribution in [0.15, 0.2) is 18.2 Å². The SMILES string of the molecule is CNC(c1ccc(OC)cc1Cl)C1CCCOC1. The van der Waals surface area contributed by atoms with Crippen molar-refractivity contribution in [2.24, 2.45) is 5.92 Å². The standard InChI is InChI=1S/C14H20ClNO2/c1-16-14(10-4-3-7-18-9-10)12-6-5-11(17-2)8-13(12)15/h5-6,8,10,14,16H,3-4,7,9H2,1-2H3. The van der Waals surface area contributed by atoms with Crippen molar-refractivity contribution in [1.82, 2.24) is 5.32 Å². The molecule has 1 aromatic carbocycles. The highest BCUT2D eigenvalue weighted by atomic mass is 35.5. The summed E-state index contributed by atoms with van der Waals surface area (Å²) in [5, 5.41) is 4.11. The molecule has 1 aliphatic rings. The lowest BCUT2D eigenvalue weighted by molar-refractivity contribution is 0.0402. The van der Waals surface area contributed by atoms with E-state index in [2.05, 4.69) is 5.32 Å². The second-order valence-corrected chi connectivity index (χ2v) is 5.04. The summed E-state index contributed by atoms with van der Waals surface area (Å²) < 4.78 is 10.7. The van der Waals surface area contributed by atoms with Crippen molar-refractivity contribution in [3.05, 3.63) is 28.8 Å². The van der Waals surface area contributed by atoms with E-state index in [1.807, 2.05) is 25.2 Å². The van der Waals surface area contributed by atoms with Crippen LogP contribution in [0.25, 0.3) is 0 Å². The third kappa shape index (κ3) is 2.97. The largest absolute Gasteiger partial charge is 0.497 e. The molecule has 0 aliphatic carbocycles. The summed E-state index contributed by atoms with van der Waals surface area (Å²) in [6, 6.07) is 6.10. The van der Waals surface area contributed by atoms with Crippen LogP contribution in [0.4, 0.5) is 0 Å². The van der Waals surface area contributed by atoms with Crippen LogP contribution in [0.2, 0.25) is 5.02 Å². The second-order valence-electron chi connectivity index (χ2n) is 4.63. The fraction of sp³-hybridized carbons (Fsp3) is 0.571. The van der Waals surface area contributed by atoms with Gasteiger partial charge in [-0.05, 0) is 37.6 Å². The molecule has 1 aromatic rings. The Hall–Kier alpha value is -0.770. The molecule has 0 saturated carbocycles. The molecule has 1 aliphatic heterocycles. The van der Waals surface area contributed by atoms with Crippen molar-refractivity contribution in [2.75, 3.05) is 27.4 Å². The van der Waals surface area contributed by atoms with Crippen LogP contribution in [0.5, 0.6) is 5.75 Å². The molecule has 0 aromatic heterocycles. The maximum Gasteiger partial charge on any atom is 0.120 e. The van der Waals surface area contributed by atoms with E-state index < -0.39 is 0 Å². The molecule has 18 heavy (non-hydrogen) atoms. The first-order valence-electron chi connectivity index (χ1n) is 6.34. The summed E-state index contributed by atoms with van der Waals surface area (Å²) in [5.41, 5.74) is 1.12. The minimum Gasteiger partial charge on any atom is -0.497 e. The second kappa shape index (κ2) is 6.41.